The standard InChI is InChI=1S/C15H23NO/c1-4-6-14(16-11-5-2)12-13-7-9-15(17-3)10-8-13/h4,7-10,14,16H,1,5-6,11-12H2,2-3H3. The maximum Gasteiger partial charge on any atom is 0.118 e. The van der Waals surface area contributed by atoms with Crippen LogP contribution >= 0.6 is 0 Å². The molecule has 1 aromatic carbocycles. The van der Waals surface area contributed by atoms with Crippen molar-refractivity contribution in [1.29, 1.82) is 0 Å². The molecule has 1 N–H and O–H groups in total. The summed E-state index contributed by atoms with van der Waals surface area (Å²) in [5, 5.41) is 3.54. The smallest absolute Gasteiger partial charge is 0.118 e. The predicted octanol–water partition coefficient (Wildman–Crippen LogP) is 3.18. The van der Waals surface area contributed by atoms with Gasteiger partial charge >= 0.3 is 0 Å². The zero-order valence-corrected chi connectivity index (χ0v) is 10.9. The van der Waals surface area contributed by atoms with Gasteiger partial charge in [0, 0.05) is 6.04 Å². The number of hydrogen-bond donors (Lipinski definition) is 1. The highest BCUT2D eigenvalue weighted by Crippen LogP contribution is 2.13. The first-order valence-corrected chi connectivity index (χ1v) is 6.27. The number of methoxy groups -OCH3 is 1. The monoisotopic (exact) mass is 233 g/mol. The largest absolute Gasteiger partial charge is 0.497 e. The van der Waals surface area contributed by atoms with Crippen LogP contribution in [0.15, 0.2) is 36.9 Å². The van der Waals surface area contributed by atoms with E-state index in [4.69, 9.17) is 4.74 Å². The van der Waals surface area contributed by atoms with Gasteiger partial charge in [0.15, 0.2) is 0 Å². The van der Waals surface area contributed by atoms with Gasteiger partial charge < -0.3 is 10.1 Å². The quantitative estimate of drug-likeness (QED) is 0.696. The van der Waals surface area contributed by atoms with Gasteiger partial charge in [0.05, 0.1) is 7.11 Å². The predicted molar refractivity (Wildman–Crippen MR) is 73.6 cm³/mol. The van der Waals surface area contributed by atoms with E-state index in [9.17, 15) is 0 Å². The van der Waals surface area contributed by atoms with Crippen molar-refractivity contribution >= 4 is 0 Å². The first-order chi connectivity index (χ1) is 8.30. The Labute approximate surface area is 105 Å². The van der Waals surface area contributed by atoms with E-state index >= 15 is 0 Å². The molecule has 1 atom stereocenters. The lowest BCUT2D eigenvalue weighted by atomic mass is 10.0. The van der Waals surface area contributed by atoms with Crippen molar-refractivity contribution in [2.45, 2.75) is 32.2 Å². The molecule has 1 unspecified atom stereocenters. The maximum atomic E-state index is 5.15. The molecule has 2 nitrogen and oxygen atoms in total. The zero-order valence-electron chi connectivity index (χ0n) is 10.9. The summed E-state index contributed by atoms with van der Waals surface area (Å²) in [4.78, 5) is 0. The van der Waals surface area contributed by atoms with E-state index in [0.29, 0.717) is 6.04 Å². The van der Waals surface area contributed by atoms with E-state index in [0.717, 1.165) is 31.6 Å². The molecule has 0 aliphatic heterocycles. The Morgan fingerprint density at radius 3 is 2.59 bits per heavy atom. The van der Waals surface area contributed by atoms with E-state index in [1.54, 1.807) is 7.11 Å². The van der Waals surface area contributed by atoms with Crippen LogP contribution in [0.4, 0.5) is 0 Å². The molecule has 0 fully saturated rings. The summed E-state index contributed by atoms with van der Waals surface area (Å²) < 4.78 is 5.15. The van der Waals surface area contributed by atoms with E-state index < -0.39 is 0 Å². The van der Waals surface area contributed by atoms with Crippen LogP contribution < -0.4 is 10.1 Å². The molecular weight excluding hydrogens is 210 g/mol. The van der Waals surface area contributed by atoms with E-state index in [-0.39, 0.29) is 0 Å². The highest BCUT2D eigenvalue weighted by atomic mass is 16.5. The van der Waals surface area contributed by atoms with Crippen LogP contribution in [-0.2, 0) is 6.42 Å². The van der Waals surface area contributed by atoms with Gasteiger partial charge in [-0.1, -0.05) is 25.1 Å². The molecule has 17 heavy (non-hydrogen) atoms. The SMILES string of the molecule is C=CCC(Cc1ccc(OC)cc1)NCCC. The summed E-state index contributed by atoms with van der Waals surface area (Å²) >= 11 is 0. The second-order valence-electron chi connectivity index (χ2n) is 4.23. The molecule has 0 bridgehead atoms. The van der Waals surface area contributed by atoms with Crippen LogP contribution in [0.2, 0.25) is 0 Å². The Morgan fingerprint density at radius 2 is 2.06 bits per heavy atom. The fourth-order valence-electron chi connectivity index (χ4n) is 1.83. The molecule has 0 aromatic heterocycles. The number of benzene rings is 1. The average molecular weight is 233 g/mol. The van der Waals surface area contributed by atoms with E-state index in [2.05, 4.69) is 31.0 Å². The van der Waals surface area contributed by atoms with Crippen LogP contribution in [0, 0.1) is 0 Å². The molecule has 94 valence electrons. The van der Waals surface area contributed by atoms with Crippen LogP contribution in [0.1, 0.15) is 25.3 Å². The lowest BCUT2D eigenvalue weighted by Gasteiger charge is -2.17. The number of hydrogen-bond acceptors (Lipinski definition) is 2. The Morgan fingerprint density at radius 1 is 1.35 bits per heavy atom. The summed E-state index contributed by atoms with van der Waals surface area (Å²) in [6.07, 6.45) is 5.19. The highest BCUT2D eigenvalue weighted by molar-refractivity contribution is 5.27. The molecule has 1 rings (SSSR count). The summed E-state index contributed by atoms with van der Waals surface area (Å²) in [7, 11) is 1.69. The third-order valence-corrected chi connectivity index (χ3v) is 2.78. The first-order valence-electron chi connectivity index (χ1n) is 6.27. The normalized spacial score (nSPS) is 12.1. The topological polar surface area (TPSA) is 21.3 Å². The van der Waals surface area contributed by atoms with Crippen molar-refractivity contribution < 1.29 is 4.74 Å². The minimum absolute atomic E-state index is 0.487. The molecule has 2 heteroatoms. The van der Waals surface area contributed by atoms with Crippen molar-refractivity contribution in [3.63, 3.8) is 0 Å². The molecule has 0 spiro atoms. The van der Waals surface area contributed by atoms with Gasteiger partial charge in [-0.3, -0.25) is 0 Å². The summed E-state index contributed by atoms with van der Waals surface area (Å²) in [5.41, 5.74) is 1.33. The lowest BCUT2D eigenvalue weighted by Crippen LogP contribution is -2.31. The van der Waals surface area contributed by atoms with Crippen molar-refractivity contribution in [1.82, 2.24) is 5.32 Å². The minimum Gasteiger partial charge on any atom is -0.497 e. The Balaban J connectivity index is 2.54. The van der Waals surface area contributed by atoms with Crippen molar-refractivity contribution in [3.8, 4) is 5.75 Å². The first kappa shape index (κ1) is 13.8. The third-order valence-electron chi connectivity index (χ3n) is 2.78. The van der Waals surface area contributed by atoms with Crippen molar-refractivity contribution in [3.05, 3.63) is 42.5 Å². The third kappa shape index (κ3) is 5.05. The van der Waals surface area contributed by atoms with Gasteiger partial charge in [0.25, 0.3) is 0 Å². The molecule has 0 aliphatic rings. The Bertz CT molecular complexity index is 318. The second kappa shape index (κ2) is 7.91. The van der Waals surface area contributed by atoms with Crippen LogP contribution in [-0.4, -0.2) is 19.7 Å². The maximum absolute atomic E-state index is 5.15. The van der Waals surface area contributed by atoms with Crippen molar-refractivity contribution in [2.24, 2.45) is 0 Å². The Hall–Kier alpha value is -1.28. The van der Waals surface area contributed by atoms with E-state index in [1.807, 2.05) is 18.2 Å². The summed E-state index contributed by atoms with van der Waals surface area (Å²) in [6.45, 7) is 7.07. The molecule has 0 amide bonds. The summed E-state index contributed by atoms with van der Waals surface area (Å²) in [5.74, 6) is 0.913. The van der Waals surface area contributed by atoms with Gasteiger partial charge in [-0.05, 0) is 43.5 Å². The van der Waals surface area contributed by atoms with E-state index in [1.165, 1.54) is 5.56 Å². The van der Waals surface area contributed by atoms with Gasteiger partial charge in [-0.2, -0.15) is 0 Å². The number of nitrogens with one attached hydrogen (secondary N) is 1. The van der Waals surface area contributed by atoms with Crippen molar-refractivity contribution in [2.75, 3.05) is 13.7 Å². The minimum atomic E-state index is 0.487. The number of rotatable bonds is 8. The fourth-order valence-corrected chi connectivity index (χ4v) is 1.83. The Kier molecular flexibility index (Phi) is 6.41. The lowest BCUT2D eigenvalue weighted by molar-refractivity contribution is 0.414. The number of ether oxygens (including phenoxy) is 1. The average Bonchev–Trinajstić information content (AvgIpc) is 2.37. The molecule has 0 saturated heterocycles. The van der Waals surface area contributed by atoms with Gasteiger partial charge in [-0.25, -0.2) is 0 Å². The highest BCUT2D eigenvalue weighted by Gasteiger charge is 2.06. The second-order valence-corrected chi connectivity index (χ2v) is 4.23. The fraction of sp³-hybridized carbons (Fsp3) is 0.467. The molecule has 0 radical (unpaired) electrons. The molecule has 0 saturated carbocycles. The summed E-state index contributed by atoms with van der Waals surface area (Å²) in [6, 6.07) is 8.77. The molecule has 1 aromatic rings. The zero-order chi connectivity index (χ0) is 12.5. The molecular formula is C15H23NO. The van der Waals surface area contributed by atoms with Crippen LogP contribution in [0.5, 0.6) is 5.75 Å². The van der Waals surface area contributed by atoms with Crippen LogP contribution in [0.25, 0.3) is 0 Å². The molecule has 0 aliphatic carbocycles. The molecule has 0 heterocycles. The van der Waals surface area contributed by atoms with Crippen LogP contribution in [0.3, 0.4) is 0 Å². The van der Waals surface area contributed by atoms with Gasteiger partial charge in [0.2, 0.25) is 0 Å². The van der Waals surface area contributed by atoms with Gasteiger partial charge in [-0.15, -0.1) is 6.58 Å². The van der Waals surface area contributed by atoms with Gasteiger partial charge in [0.1, 0.15) is 5.75 Å².